The molecule has 0 aliphatic carbocycles. The molecule has 7 heteroatoms. The van der Waals surface area contributed by atoms with Crippen LogP contribution in [0.2, 0.25) is 0 Å². The lowest BCUT2D eigenvalue weighted by Gasteiger charge is -2.07. The number of rotatable bonds is 8. The topological polar surface area (TPSA) is 92.4 Å². The van der Waals surface area contributed by atoms with Crippen LogP contribution in [0.3, 0.4) is 0 Å². The lowest BCUT2D eigenvalue weighted by molar-refractivity contribution is -0.120. The Kier molecular flexibility index (Phi) is 7.05. The van der Waals surface area contributed by atoms with Crippen LogP contribution in [0.25, 0.3) is 0 Å². The fourth-order valence-electron chi connectivity index (χ4n) is 1.43. The summed E-state index contributed by atoms with van der Waals surface area (Å²) >= 11 is 0. The molecular formula is C13H20N4O3. The lowest BCUT2D eigenvalue weighted by Crippen LogP contribution is -2.38. The fourth-order valence-corrected chi connectivity index (χ4v) is 1.43. The van der Waals surface area contributed by atoms with Gasteiger partial charge in [-0.1, -0.05) is 0 Å². The van der Waals surface area contributed by atoms with E-state index in [9.17, 15) is 9.59 Å². The summed E-state index contributed by atoms with van der Waals surface area (Å²) in [5.74, 6) is 0.122. The van der Waals surface area contributed by atoms with Gasteiger partial charge in [-0.2, -0.15) is 0 Å². The zero-order valence-electron chi connectivity index (χ0n) is 11.7. The monoisotopic (exact) mass is 280 g/mol. The molecule has 1 heterocycles. The van der Waals surface area contributed by atoms with Crippen molar-refractivity contribution >= 4 is 17.6 Å². The van der Waals surface area contributed by atoms with Gasteiger partial charge in [0.1, 0.15) is 5.82 Å². The molecular weight excluding hydrogens is 260 g/mol. The summed E-state index contributed by atoms with van der Waals surface area (Å²) < 4.78 is 4.80. The van der Waals surface area contributed by atoms with Gasteiger partial charge in [0, 0.05) is 26.4 Å². The van der Waals surface area contributed by atoms with E-state index < -0.39 is 0 Å². The molecule has 0 aliphatic rings. The highest BCUT2D eigenvalue weighted by Gasteiger charge is 2.08. The van der Waals surface area contributed by atoms with Crippen LogP contribution in [0, 0.1) is 0 Å². The number of anilines is 1. The largest absolute Gasteiger partial charge is 0.383 e. The Balaban J connectivity index is 2.36. The molecule has 0 fully saturated rings. The van der Waals surface area contributed by atoms with Crippen molar-refractivity contribution in [1.82, 2.24) is 15.6 Å². The number of hydrogen-bond acceptors (Lipinski definition) is 5. The second kappa shape index (κ2) is 8.87. The average molecular weight is 280 g/mol. The maximum absolute atomic E-state index is 11.8. The number of methoxy groups -OCH3 is 1. The van der Waals surface area contributed by atoms with Crippen molar-refractivity contribution in [2.75, 3.05) is 38.7 Å². The van der Waals surface area contributed by atoms with E-state index in [0.717, 1.165) is 6.54 Å². The number of nitrogens with one attached hydrogen (secondary N) is 3. The molecule has 0 atom stereocenters. The third kappa shape index (κ3) is 5.66. The van der Waals surface area contributed by atoms with E-state index in [1.165, 1.54) is 6.20 Å². The van der Waals surface area contributed by atoms with Crippen LogP contribution in [0.15, 0.2) is 18.3 Å². The average Bonchev–Trinajstić information content (AvgIpc) is 2.46. The summed E-state index contributed by atoms with van der Waals surface area (Å²) in [7, 11) is 1.55. The van der Waals surface area contributed by atoms with Crippen molar-refractivity contribution in [3.63, 3.8) is 0 Å². The minimum atomic E-state index is -0.331. The molecule has 0 unspecified atom stereocenters. The highest BCUT2D eigenvalue weighted by molar-refractivity contribution is 5.96. The first kappa shape index (κ1) is 15.9. The first-order valence-electron chi connectivity index (χ1n) is 6.41. The predicted octanol–water partition coefficient (Wildman–Crippen LogP) is 0.00580. The zero-order chi connectivity index (χ0) is 14.8. The highest BCUT2D eigenvalue weighted by Crippen LogP contribution is 2.04. The molecule has 0 saturated heterocycles. The fraction of sp³-hybridized carbons (Fsp3) is 0.462. The van der Waals surface area contributed by atoms with Crippen LogP contribution >= 0.6 is 0 Å². The van der Waals surface area contributed by atoms with Gasteiger partial charge in [0.2, 0.25) is 5.91 Å². The molecule has 0 bridgehead atoms. The van der Waals surface area contributed by atoms with Crippen molar-refractivity contribution in [2.24, 2.45) is 0 Å². The molecule has 2 amide bonds. The number of pyridine rings is 1. The molecule has 0 aliphatic heterocycles. The molecule has 110 valence electrons. The molecule has 20 heavy (non-hydrogen) atoms. The Hall–Kier alpha value is -2.15. The molecule has 3 N–H and O–H groups in total. The van der Waals surface area contributed by atoms with E-state index in [1.54, 1.807) is 19.2 Å². The summed E-state index contributed by atoms with van der Waals surface area (Å²) in [6, 6.07) is 3.38. The van der Waals surface area contributed by atoms with Crippen LogP contribution in [0.4, 0.5) is 5.82 Å². The van der Waals surface area contributed by atoms with Gasteiger partial charge in [0.25, 0.3) is 5.91 Å². The first-order chi connectivity index (χ1) is 9.67. The summed E-state index contributed by atoms with van der Waals surface area (Å²) in [6.45, 7) is 3.52. The van der Waals surface area contributed by atoms with Crippen LogP contribution in [-0.2, 0) is 9.53 Å². The molecule has 1 aromatic heterocycles. The van der Waals surface area contributed by atoms with Gasteiger partial charge in [0.15, 0.2) is 0 Å². The van der Waals surface area contributed by atoms with Crippen LogP contribution in [0.5, 0.6) is 0 Å². The number of carbonyl (C=O) groups is 2. The van der Waals surface area contributed by atoms with Crippen LogP contribution in [-0.4, -0.2) is 50.1 Å². The summed E-state index contributed by atoms with van der Waals surface area (Å²) in [6.07, 6.45) is 1.47. The number of amides is 2. The van der Waals surface area contributed by atoms with Gasteiger partial charge in [-0.25, -0.2) is 4.98 Å². The SMILES string of the molecule is CCNc1ccc(C(=O)NCC(=O)NCCOC)cn1. The van der Waals surface area contributed by atoms with Gasteiger partial charge < -0.3 is 20.7 Å². The molecule has 0 radical (unpaired) electrons. The van der Waals surface area contributed by atoms with E-state index >= 15 is 0 Å². The van der Waals surface area contributed by atoms with Crippen molar-refractivity contribution in [3.8, 4) is 0 Å². The Labute approximate surface area is 118 Å². The quantitative estimate of drug-likeness (QED) is 0.583. The number of hydrogen-bond donors (Lipinski definition) is 3. The lowest BCUT2D eigenvalue weighted by atomic mass is 10.2. The summed E-state index contributed by atoms with van der Waals surface area (Å²) in [4.78, 5) is 27.2. The second-order valence-corrected chi connectivity index (χ2v) is 3.99. The van der Waals surface area contributed by atoms with E-state index in [0.29, 0.717) is 24.5 Å². The zero-order valence-corrected chi connectivity index (χ0v) is 11.7. The van der Waals surface area contributed by atoms with Gasteiger partial charge in [-0.3, -0.25) is 9.59 Å². The van der Waals surface area contributed by atoms with Crippen molar-refractivity contribution < 1.29 is 14.3 Å². The predicted molar refractivity (Wildman–Crippen MR) is 75.6 cm³/mol. The van der Waals surface area contributed by atoms with Gasteiger partial charge in [0.05, 0.1) is 18.7 Å². The molecule has 0 saturated carbocycles. The molecule has 1 aromatic rings. The van der Waals surface area contributed by atoms with E-state index in [4.69, 9.17) is 4.74 Å². The molecule has 0 spiro atoms. The number of nitrogens with zero attached hydrogens (tertiary/aromatic N) is 1. The molecule has 1 rings (SSSR count). The van der Waals surface area contributed by atoms with Crippen LogP contribution < -0.4 is 16.0 Å². The maximum Gasteiger partial charge on any atom is 0.253 e. The van der Waals surface area contributed by atoms with Crippen LogP contribution in [0.1, 0.15) is 17.3 Å². The normalized spacial score (nSPS) is 9.90. The minimum absolute atomic E-state index is 0.0719. The highest BCUT2D eigenvalue weighted by atomic mass is 16.5. The van der Waals surface area contributed by atoms with E-state index in [1.807, 2.05) is 6.92 Å². The van der Waals surface area contributed by atoms with Gasteiger partial charge >= 0.3 is 0 Å². The Morgan fingerprint density at radius 3 is 2.70 bits per heavy atom. The number of carbonyl (C=O) groups excluding carboxylic acids is 2. The smallest absolute Gasteiger partial charge is 0.253 e. The van der Waals surface area contributed by atoms with Crippen molar-refractivity contribution in [2.45, 2.75) is 6.92 Å². The third-order valence-corrected chi connectivity index (χ3v) is 2.42. The summed E-state index contributed by atoms with van der Waals surface area (Å²) in [5, 5.41) is 8.17. The Morgan fingerprint density at radius 2 is 2.10 bits per heavy atom. The Bertz CT molecular complexity index is 434. The van der Waals surface area contributed by atoms with Crippen molar-refractivity contribution in [1.29, 1.82) is 0 Å². The maximum atomic E-state index is 11.8. The van der Waals surface area contributed by atoms with Crippen molar-refractivity contribution in [3.05, 3.63) is 23.9 Å². The summed E-state index contributed by atoms with van der Waals surface area (Å²) in [5.41, 5.74) is 0.413. The van der Waals surface area contributed by atoms with Gasteiger partial charge in [-0.05, 0) is 19.1 Å². The molecule has 0 aromatic carbocycles. The third-order valence-electron chi connectivity index (χ3n) is 2.42. The number of ether oxygens (including phenoxy) is 1. The minimum Gasteiger partial charge on any atom is -0.383 e. The van der Waals surface area contributed by atoms with E-state index in [-0.39, 0.29) is 18.4 Å². The van der Waals surface area contributed by atoms with Gasteiger partial charge in [-0.15, -0.1) is 0 Å². The standard InChI is InChI=1S/C13H20N4O3/c1-3-14-11-5-4-10(8-16-11)13(19)17-9-12(18)15-6-7-20-2/h4-5,8H,3,6-7,9H2,1-2H3,(H,14,16)(H,15,18)(H,17,19). The second-order valence-electron chi connectivity index (χ2n) is 3.99. The number of aromatic nitrogens is 1. The first-order valence-corrected chi connectivity index (χ1v) is 6.41. The van der Waals surface area contributed by atoms with E-state index in [2.05, 4.69) is 20.9 Å². The molecule has 7 nitrogen and oxygen atoms in total. The Morgan fingerprint density at radius 1 is 1.30 bits per heavy atom.